The molecule has 1 N–H and O–H groups in total. The second kappa shape index (κ2) is 8.12. The molecule has 0 radical (unpaired) electrons. The zero-order valence-corrected chi connectivity index (χ0v) is 14.4. The Kier molecular flexibility index (Phi) is 5.44. The van der Waals surface area contributed by atoms with Crippen LogP contribution in [0.2, 0.25) is 0 Å². The van der Waals surface area contributed by atoms with Gasteiger partial charge in [0.15, 0.2) is 5.78 Å². The van der Waals surface area contributed by atoms with Crippen LogP contribution in [0.4, 0.5) is 5.69 Å². The van der Waals surface area contributed by atoms with Crippen LogP contribution in [0.15, 0.2) is 78.9 Å². The van der Waals surface area contributed by atoms with Gasteiger partial charge in [-0.15, -0.1) is 0 Å². The molecule has 0 fully saturated rings. The van der Waals surface area contributed by atoms with Crippen LogP contribution >= 0.6 is 0 Å². The molecular weight excluding hydrogens is 326 g/mol. The number of hydrogen-bond acceptors (Lipinski definition) is 3. The minimum absolute atomic E-state index is 0.00392. The molecule has 0 heterocycles. The summed E-state index contributed by atoms with van der Waals surface area (Å²) in [5, 5.41) is 2.85. The normalized spacial score (nSPS) is 10.2. The van der Waals surface area contributed by atoms with Crippen LogP contribution in [-0.4, -0.2) is 11.7 Å². The molecule has 0 unspecified atom stereocenters. The third kappa shape index (κ3) is 4.57. The number of Topliss-reactive ketones (excluding diaryl/α,β-unsaturated/α-hetero) is 1. The number of carbonyl (C=O) groups is 2. The van der Waals surface area contributed by atoms with E-state index in [0.717, 1.165) is 11.3 Å². The Bertz CT molecular complexity index is 902. The highest BCUT2D eigenvalue weighted by atomic mass is 16.5. The third-order valence-electron chi connectivity index (χ3n) is 3.89. The summed E-state index contributed by atoms with van der Waals surface area (Å²) in [6.45, 7) is 1.89. The molecule has 0 atom stereocenters. The topological polar surface area (TPSA) is 55.4 Å². The van der Waals surface area contributed by atoms with Gasteiger partial charge in [-0.3, -0.25) is 9.59 Å². The second-order valence-electron chi connectivity index (χ2n) is 5.89. The van der Waals surface area contributed by atoms with Crippen LogP contribution in [0.25, 0.3) is 0 Å². The fourth-order valence-corrected chi connectivity index (χ4v) is 2.45. The molecule has 3 aromatic rings. The van der Waals surface area contributed by atoms with Crippen molar-refractivity contribution in [3.63, 3.8) is 0 Å². The summed E-state index contributed by atoms with van der Waals surface area (Å²) < 4.78 is 5.73. The third-order valence-corrected chi connectivity index (χ3v) is 3.89. The number of para-hydroxylation sites is 1. The van der Waals surface area contributed by atoms with E-state index < -0.39 is 0 Å². The average Bonchev–Trinajstić information content (AvgIpc) is 2.68. The lowest BCUT2D eigenvalue weighted by molar-refractivity contribution is 0.101. The van der Waals surface area contributed by atoms with Gasteiger partial charge >= 0.3 is 0 Å². The molecule has 0 aliphatic heterocycles. The lowest BCUT2D eigenvalue weighted by Crippen LogP contribution is -2.11. The Balaban J connectivity index is 1.60. The van der Waals surface area contributed by atoms with Crippen molar-refractivity contribution in [3.8, 4) is 5.75 Å². The van der Waals surface area contributed by atoms with Gasteiger partial charge in [0.2, 0.25) is 0 Å². The van der Waals surface area contributed by atoms with Gasteiger partial charge in [-0.1, -0.05) is 42.5 Å². The van der Waals surface area contributed by atoms with Crippen LogP contribution < -0.4 is 10.1 Å². The summed E-state index contributed by atoms with van der Waals surface area (Å²) in [5.41, 5.74) is 2.90. The lowest BCUT2D eigenvalue weighted by atomic mass is 10.1. The van der Waals surface area contributed by atoms with E-state index in [0.29, 0.717) is 23.5 Å². The number of carbonyl (C=O) groups excluding carboxylic acids is 2. The van der Waals surface area contributed by atoms with E-state index >= 15 is 0 Å². The Hall–Kier alpha value is -3.40. The average molecular weight is 345 g/mol. The Morgan fingerprint density at radius 1 is 0.846 bits per heavy atom. The van der Waals surface area contributed by atoms with Gasteiger partial charge in [-0.2, -0.15) is 0 Å². The van der Waals surface area contributed by atoms with Crippen molar-refractivity contribution >= 4 is 17.4 Å². The zero-order valence-electron chi connectivity index (χ0n) is 14.4. The highest BCUT2D eigenvalue weighted by molar-refractivity contribution is 6.04. The first kappa shape index (κ1) is 17.4. The molecule has 1 amide bonds. The number of hydrogen-bond donors (Lipinski definition) is 1. The Labute approximate surface area is 152 Å². The summed E-state index contributed by atoms with van der Waals surface area (Å²) in [6.07, 6.45) is 0. The van der Waals surface area contributed by atoms with E-state index in [4.69, 9.17) is 4.74 Å². The number of ketones is 1. The first-order chi connectivity index (χ1) is 12.6. The van der Waals surface area contributed by atoms with Gasteiger partial charge in [-0.05, 0) is 48.9 Å². The van der Waals surface area contributed by atoms with Crippen molar-refractivity contribution in [1.29, 1.82) is 0 Å². The van der Waals surface area contributed by atoms with E-state index in [1.165, 1.54) is 6.92 Å². The molecule has 0 saturated carbocycles. The van der Waals surface area contributed by atoms with Crippen LogP contribution in [0.3, 0.4) is 0 Å². The van der Waals surface area contributed by atoms with Crippen molar-refractivity contribution in [1.82, 2.24) is 0 Å². The van der Waals surface area contributed by atoms with Gasteiger partial charge in [0, 0.05) is 16.8 Å². The number of ether oxygens (including phenoxy) is 1. The molecule has 4 heteroatoms. The molecule has 3 rings (SSSR count). The van der Waals surface area contributed by atoms with Crippen molar-refractivity contribution in [2.24, 2.45) is 0 Å². The number of rotatable bonds is 6. The molecule has 0 aliphatic carbocycles. The Morgan fingerprint density at radius 2 is 1.58 bits per heavy atom. The van der Waals surface area contributed by atoms with E-state index in [2.05, 4.69) is 5.32 Å². The minimum atomic E-state index is -0.155. The molecule has 130 valence electrons. The molecular formula is C22H19NO3. The molecule has 0 aliphatic rings. The van der Waals surface area contributed by atoms with Gasteiger partial charge in [0.1, 0.15) is 12.4 Å². The summed E-state index contributed by atoms with van der Waals surface area (Å²) in [7, 11) is 0. The number of amides is 1. The number of nitrogens with one attached hydrogen (secondary N) is 1. The number of benzene rings is 3. The summed E-state index contributed by atoms with van der Waals surface area (Å²) in [4.78, 5) is 23.6. The molecule has 4 nitrogen and oxygen atoms in total. The molecule has 0 aromatic heterocycles. The summed E-state index contributed by atoms with van der Waals surface area (Å²) in [6, 6.07) is 23.7. The first-order valence-electron chi connectivity index (χ1n) is 8.31. The largest absolute Gasteiger partial charge is 0.489 e. The minimum Gasteiger partial charge on any atom is -0.489 e. The van der Waals surface area contributed by atoms with Crippen LogP contribution in [0, 0.1) is 0 Å². The van der Waals surface area contributed by atoms with Crippen LogP contribution in [0.1, 0.15) is 33.2 Å². The van der Waals surface area contributed by atoms with E-state index in [-0.39, 0.29) is 11.7 Å². The second-order valence-corrected chi connectivity index (χ2v) is 5.89. The molecule has 0 bridgehead atoms. The van der Waals surface area contributed by atoms with Crippen LogP contribution in [0.5, 0.6) is 5.75 Å². The van der Waals surface area contributed by atoms with Crippen molar-refractivity contribution < 1.29 is 14.3 Å². The number of anilines is 1. The standard InChI is InChI=1S/C22H19NO3/c1-16(24)19-6-5-9-21(14-19)26-15-17-10-12-18(13-11-17)22(25)23-20-7-3-2-4-8-20/h2-14H,15H2,1H3,(H,23,25). The zero-order chi connectivity index (χ0) is 18.4. The van der Waals surface area contributed by atoms with Gasteiger partial charge in [-0.25, -0.2) is 0 Å². The summed E-state index contributed by atoms with van der Waals surface area (Å²) in [5.74, 6) is 0.491. The first-order valence-corrected chi connectivity index (χ1v) is 8.31. The monoisotopic (exact) mass is 345 g/mol. The summed E-state index contributed by atoms with van der Waals surface area (Å²) >= 11 is 0. The molecule has 26 heavy (non-hydrogen) atoms. The molecule has 3 aromatic carbocycles. The highest BCUT2D eigenvalue weighted by Gasteiger charge is 2.06. The maximum Gasteiger partial charge on any atom is 0.255 e. The smallest absolute Gasteiger partial charge is 0.255 e. The van der Waals surface area contributed by atoms with Gasteiger partial charge < -0.3 is 10.1 Å². The lowest BCUT2D eigenvalue weighted by Gasteiger charge is -2.09. The Morgan fingerprint density at radius 3 is 2.27 bits per heavy atom. The quantitative estimate of drug-likeness (QED) is 0.658. The van der Waals surface area contributed by atoms with Gasteiger partial charge in [0.25, 0.3) is 5.91 Å². The highest BCUT2D eigenvalue weighted by Crippen LogP contribution is 2.16. The molecule has 0 spiro atoms. The van der Waals surface area contributed by atoms with E-state index in [9.17, 15) is 9.59 Å². The SMILES string of the molecule is CC(=O)c1cccc(OCc2ccc(C(=O)Nc3ccccc3)cc2)c1. The van der Waals surface area contributed by atoms with Gasteiger partial charge in [0.05, 0.1) is 0 Å². The predicted octanol–water partition coefficient (Wildman–Crippen LogP) is 4.72. The van der Waals surface area contributed by atoms with E-state index in [1.54, 1.807) is 30.3 Å². The van der Waals surface area contributed by atoms with Crippen molar-refractivity contribution in [3.05, 3.63) is 95.6 Å². The van der Waals surface area contributed by atoms with E-state index in [1.807, 2.05) is 48.5 Å². The predicted molar refractivity (Wildman–Crippen MR) is 102 cm³/mol. The fourth-order valence-electron chi connectivity index (χ4n) is 2.45. The van der Waals surface area contributed by atoms with Crippen LogP contribution in [-0.2, 0) is 6.61 Å². The van der Waals surface area contributed by atoms with Crippen molar-refractivity contribution in [2.45, 2.75) is 13.5 Å². The maximum atomic E-state index is 12.2. The fraction of sp³-hybridized carbons (Fsp3) is 0.0909. The molecule has 0 saturated heterocycles. The maximum absolute atomic E-state index is 12.2. The van der Waals surface area contributed by atoms with Crippen molar-refractivity contribution in [2.75, 3.05) is 5.32 Å².